The summed E-state index contributed by atoms with van der Waals surface area (Å²) in [7, 11) is 0. The summed E-state index contributed by atoms with van der Waals surface area (Å²) in [6.45, 7) is 3.52. The van der Waals surface area contributed by atoms with Gasteiger partial charge in [-0.1, -0.05) is 13.0 Å². The molecular weight excluding hydrogens is 254 g/mol. The highest BCUT2D eigenvalue weighted by Gasteiger charge is 2.39. The van der Waals surface area contributed by atoms with Crippen molar-refractivity contribution >= 4 is 11.6 Å². The highest BCUT2D eigenvalue weighted by atomic mass is 16.5. The van der Waals surface area contributed by atoms with Gasteiger partial charge in [-0.25, -0.2) is 0 Å². The van der Waals surface area contributed by atoms with Gasteiger partial charge in [-0.3, -0.25) is 4.79 Å². The molecule has 0 radical (unpaired) electrons. The first-order valence-corrected chi connectivity index (χ1v) is 7.38. The lowest BCUT2D eigenvalue weighted by molar-refractivity contribution is -0.117. The van der Waals surface area contributed by atoms with Crippen LogP contribution in [0.3, 0.4) is 0 Å². The second-order valence-electron chi connectivity index (χ2n) is 5.78. The molecule has 2 aliphatic rings. The van der Waals surface area contributed by atoms with Gasteiger partial charge in [0.25, 0.3) is 0 Å². The smallest absolute Gasteiger partial charge is 0.227 e. The monoisotopic (exact) mass is 275 g/mol. The lowest BCUT2D eigenvalue weighted by Gasteiger charge is -2.12. The topological polar surface area (TPSA) is 47.6 Å². The molecule has 1 aromatic rings. The van der Waals surface area contributed by atoms with Crippen molar-refractivity contribution in [3.63, 3.8) is 0 Å². The number of hydrogen-bond donors (Lipinski definition) is 1. The van der Waals surface area contributed by atoms with Crippen LogP contribution in [0.4, 0.5) is 5.69 Å². The lowest BCUT2D eigenvalue weighted by atomic mass is 10.2. The van der Waals surface area contributed by atoms with Crippen molar-refractivity contribution < 1.29 is 14.3 Å². The van der Waals surface area contributed by atoms with E-state index in [0.717, 1.165) is 37.3 Å². The Morgan fingerprint density at radius 1 is 1.50 bits per heavy atom. The standard InChI is InChI=1S/C16H21NO3/c1-11-8-15(11)16(18)17-12-4-2-5-13(9-12)20-10-14-6-3-7-19-14/h2,4-5,9,11,14-15H,3,6-8,10H2,1H3,(H,17,18). The number of hydrogen-bond acceptors (Lipinski definition) is 3. The molecular formula is C16H21NO3. The van der Waals surface area contributed by atoms with E-state index in [1.165, 1.54) is 0 Å². The zero-order valence-corrected chi connectivity index (χ0v) is 11.8. The van der Waals surface area contributed by atoms with Crippen LogP contribution in [0.1, 0.15) is 26.2 Å². The number of ether oxygens (including phenoxy) is 2. The third kappa shape index (κ3) is 3.31. The second kappa shape index (κ2) is 5.83. The third-order valence-electron chi connectivity index (χ3n) is 4.01. The molecule has 2 fully saturated rings. The number of carbonyl (C=O) groups is 1. The van der Waals surface area contributed by atoms with Crippen LogP contribution in [0.5, 0.6) is 5.75 Å². The van der Waals surface area contributed by atoms with E-state index in [4.69, 9.17) is 9.47 Å². The van der Waals surface area contributed by atoms with Gasteiger partial charge in [0, 0.05) is 24.3 Å². The highest BCUT2D eigenvalue weighted by Crippen LogP contribution is 2.38. The van der Waals surface area contributed by atoms with E-state index in [2.05, 4.69) is 12.2 Å². The molecule has 3 atom stereocenters. The minimum absolute atomic E-state index is 0.119. The van der Waals surface area contributed by atoms with Crippen molar-refractivity contribution in [3.8, 4) is 5.75 Å². The Morgan fingerprint density at radius 3 is 3.05 bits per heavy atom. The second-order valence-corrected chi connectivity index (χ2v) is 5.78. The van der Waals surface area contributed by atoms with E-state index in [1.54, 1.807) is 0 Å². The largest absolute Gasteiger partial charge is 0.491 e. The van der Waals surface area contributed by atoms with Crippen molar-refractivity contribution in [3.05, 3.63) is 24.3 Å². The quantitative estimate of drug-likeness (QED) is 0.899. The van der Waals surface area contributed by atoms with Gasteiger partial charge in [0.05, 0.1) is 6.10 Å². The molecule has 3 unspecified atom stereocenters. The summed E-state index contributed by atoms with van der Waals surface area (Å²) >= 11 is 0. The molecule has 1 aliphatic carbocycles. The molecule has 1 saturated carbocycles. The Balaban J connectivity index is 1.53. The maximum Gasteiger partial charge on any atom is 0.227 e. The minimum Gasteiger partial charge on any atom is -0.491 e. The Labute approximate surface area is 119 Å². The van der Waals surface area contributed by atoms with Crippen LogP contribution in [0.25, 0.3) is 0 Å². The predicted octanol–water partition coefficient (Wildman–Crippen LogP) is 2.84. The highest BCUT2D eigenvalue weighted by molar-refractivity contribution is 5.94. The van der Waals surface area contributed by atoms with E-state index in [0.29, 0.717) is 12.5 Å². The number of carbonyl (C=O) groups excluding carboxylic acids is 1. The molecule has 20 heavy (non-hydrogen) atoms. The zero-order valence-electron chi connectivity index (χ0n) is 11.8. The zero-order chi connectivity index (χ0) is 13.9. The molecule has 1 heterocycles. The third-order valence-corrected chi connectivity index (χ3v) is 4.01. The van der Waals surface area contributed by atoms with E-state index in [-0.39, 0.29) is 17.9 Å². The van der Waals surface area contributed by atoms with Crippen LogP contribution >= 0.6 is 0 Å². The lowest BCUT2D eigenvalue weighted by Crippen LogP contribution is -2.17. The first-order valence-electron chi connectivity index (χ1n) is 7.38. The molecule has 3 rings (SSSR count). The molecule has 1 saturated heterocycles. The first kappa shape index (κ1) is 13.4. The summed E-state index contributed by atoms with van der Waals surface area (Å²) < 4.78 is 11.3. The summed E-state index contributed by atoms with van der Waals surface area (Å²) in [5.74, 6) is 1.61. The van der Waals surface area contributed by atoms with Crippen LogP contribution < -0.4 is 10.1 Å². The molecule has 1 amide bonds. The molecule has 4 nitrogen and oxygen atoms in total. The summed E-state index contributed by atoms with van der Waals surface area (Å²) in [6.07, 6.45) is 3.39. The molecule has 1 aliphatic heterocycles. The molecule has 0 aromatic heterocycles. The Hall–Kier alpha value is -1.55. The van der Waals surface area contributed by atoms with Gasteiger partial charge in [0.15, 0.2) is 0 Å². The van der Waals surface area contributed by atoms with Crippen molar-refractivity contribution in [2.24, 2.45) is 11.8 Å². The van der Waals surface area contributed by atoms with Gasteiger partial charge < -0.3 is 14.8 Å². The number of benzene rings is 1. The Kier molecular flexibility index (Phi) is 3.92. The number of rotatable bonds is 5. The van der Waals surface area contributed by atoms with Crippen molar-refractivity contribution in [2.45, 2.75) is 32.3 Å². The van der Waals surface area contributed by atoms with Gasteiger partial charge in [0.2, 0.25) is 5.91 Å². The van der Waals surface area contributed by atoms with Crippen molar-refractivity contribution in [1.29, 1.82) is 0 Å². The van der Waals surface area contributed by atoms with Gasteiger partial charge in [-0.15, -0.1) is 0 Å². The van der Waals surface area contributed by atoms with E-state index in [1.807, 2.05) is 24.3 Å². The maximum atomic E-state index is 11.9. The van der Waals surface area contributed by atoms with Crippen LogP contribution in [-0.4, -0.2) is 25.2 Å². The van der Waals surface area contributed by atoms with Gasteiger partial charge >= 0.3 is 0 Å². The summed E-state index contributed by atoms with van der Waals surface area (Å²) in [6, 6.07) is 7.57. The summed E-state index contributed by atoms with van der Waals surface area (Å²) in [5, 5.41) is 2.95. The Bertz CT molecular complexity index is 482. The fourth-order valence-electron chi connectivity index (χ4n) is 2.55. The van der Waals surface area contributed by atoms with Crippen LogP contribution in [-0.2, 0) is 9.53 Å². The molecule has 0 spiro atoms. The molecule has 1 aromatic carbocycles. The van der Waals surface area contributed by atoms with Crippen LogP contribution in [0.2, 0.25) is 0 Å². The van der Waals surface area contributed by atoms with E-state index >= 15 is 0 Å². The average Bonchev–Trinajstić information content (AvgIpc) is 2.97. The predicted molar refractivity (Wildman–Crippen MR) is 76.8 cm³/mol. The van der Waals surface area contributed by atoms with Crippen molar-refractivity contribution in [1.82, 2.24) is 0 Å². The Morgan fingerprint density at radius 2 is 2.35 bits per heavy atom. The van der Waals surface area contributed by atoms with Gasteiger partial charge in [-0.05, 0) is 37.3 Å². The summed E-state index contributed by atoms with van der Waals surface area (Å²) in [5.41, 5.74) is 0.805. The fourth-order valence-corrected chi connectivity index (χ4v) is 2.55. The average molecular weight is 275 g/mol. The van der Waals surface area contributed by atoms with Gasteiger partial charge in [0.1, 0.15) is 12.4 Å². The molecule has 108 valence electrons. The molecule has 0 bridgehead atoms. The SMILES string of the molecule is CC1CC1C(=O)Nc1cccc(OCC2CCCO2)c1. The van der Waals surface area contributed by atoms with Gasteiger partial charge in [-0.2, -0.15) is 0 Å². The molecule has 4 heteroatoms. The van der Waals surface area contributed by atoms with Crippen LogP contribution in [0, 0.1) is 11.8 Å². The van der Waals surface area contributed by atoms with E-state index in [9.17, 15) is 4.79 Å². The van der Waals surface area contributed by atoms with Crippen LogP contribution in [0.15, 0.2) is 24.3 Å². The minimum atomic E-state index is 0.119. The normalized spacial score (nSPS) is 28.1. The number of anilines is 1. The number of amides is 1. The maximum absolute atomic E-state index is 11.9. The first-order chi connectivity index (χ1) is 9.72. The van der Waals surface area contributed by atoms with Crippen molar-refractivity contribution in [2.75, 3.05) is 18.5 Å². The number of nitrogens with one attached hydrogen (secondary N) is 1. The summed E-state index contributed by atoms with van der Waals surface area (Å²) in [4.78, 5) is 11.9. The fraction of sp³-hybridized carbons (Fsp3) is 0.562. The molecule has 1 N–H and O–H groups in total. The van der Waals surface area contributed by atoms with E-state index < -0.39 is 0 Å².